The first kappa shape index (κ1) is 23.3. The molecule has 174 valence electrons. The van der Waals surface area contributed by atoms with Gasteiger partial charge in [0.25, 0.3) is 11.8 Å². The van der Waals surface area contributed by atoms with Gasteiger partial charge in [0, 0.05) is 24.6 Å². The second-order valence-electron chi connectivity index (χ2n) is 7.42. The number of sulfonamides is 1. The molecular formula is C22H22N2O7S2. The van der Waals surface area contributed by atoms with E-state index in [0.717, 1.165) is 4.90 Å². The van der Waals surface area contributed by atoms with Crippen LogP contribution < -0.4 is 9.64 Å². The summed E-state index contributed by atoms with van der Waals surface area (Å²) in [5, 5.41) is 0. The molecule has 0 N–H and O–H groups in total. The molecule has 0 spiro atoms. The average molecular weight is 491 g/mol. The van der Waals surface area contributed by atoms with E-state index in [-0.39, 0.29) is 27.5 Å². The highest BCUT2D eigenvalue weighted by Crippen LogP contribution is 2.38. The molecule has 0 aliphatic carbocycles. The maximum Gasteiger partial charge on any atom is 0.346 e. The zero-order valence-electron chi connectivity index (χ0n) is 18.0. The van der Waals surface area contributed by atoms with Gasteiger partial charge < -0.3 is 9.47 Å². The molecule has 2 aromatic carbocycles. The Hall–Kier alpha value is -2.89. The molecule has 2 aliphatic heterocycles. The zero-order valence-corrected chi connectivity index (χ0v) is 19.6. The van der Waals surface area contributed by atoms with E-state index in [4.69, 9.17) is 4.74 Å². The molecule has 1 saturated heterocycles. The number of carbonyl (C=O) groups is 3. The molecule has 2 aromatic rings. The number of fused-ring (bicyclic) bond motifs is 1. The smallest absolute Gasteiger partial charge is 0.346 e. The second-order valence-corrected chi connectivity index (χ2v) is 10.6. The van der Waals surface area contributed by atoms with Gasteiger partial charge in [-0.3, -0.25) is 9.59 Å². The summed E-state index contributed by atoms with van der Waals surface area (Å²) in [4.78, 5) is 38.9. The van der Waals surface area contributed by atoms with Crippen LogP contribution in [0.1, 0.15) is 27.6 Å². The van der Waals surface area contributed by atoms with Gasteiger partial charge in [0.1, 0.15) is 5.75 Å². The minimum absolute atomic E-state index is 0.00977. The third-order valence-corrected chi connectivity index (χ3v) is 8.25. The predicted molar refractivity (Wildman–Crippen MR) is 122 cm³/mol. The SMILES string of the molecule is COC(=O)C(C)Oc1ccc(S(=O)(=O)N2CCSCC2)cc1N1C(=O)c2ccccc2C1=O. The first-order valence-electron chi connectivity index (χ1n) is 10.2. The van der Waals surface area contributed by atoms with E-state index in [1.807, 2.05) is 0 Å². The summed E-state index contributed by atoms with van der Waals surface area (Å²) in [7, 11) is -2.65. The molecular weight excluding hydrogens is 468 g/mol. The van der Waals surface area contributed by atoms with Crippen molar-refractivity contribution in [3.05, 3.63) is 53.6 Å². The van der Waals surface area contributed by atoms with E-state index in [0.29, 0.717) is 24.6 Å². The van der Waals surface area contributed by atoms with Crippen LogP contribution in [0.3, 0.4) is 0 Å². The van der Waals surface area contributed by atoms with Crippen molar-refractivity contribution in [2.75, 3.05) is 36.6 Å². The number of benzene rings is 2. The topological polar surface area (TPSA) is 110 Å². The molecule has 9 nitrogen and oxygen atoms in total. The van der Waals surface area contributed by atoms with E-state index < -0.39 is 33.9 Å². The monoisotopic (exact) mass is 490 g/mol. The van der Waals surface area contributed by atoms with Crippen LogP contribution in [0.25, 0.3) is 0 Å². The minimum atomic E-state index is -3.86. The molecule has 2 aliphatic rings. The van der Waals surface area contributed by atoms with Crippen molar-refractivity contribution in [3.63, 3.8) is 0 Å². The van der Waals surface area contributed by atoms with Gasteiger partial charge >= 0.3 is 5.97 Å². The molecule has 4 rings (SSSR count). The molecule has 0 bridgehead atoms. The Morgan fingerprint density at radius 2 is 1.64 bits per heavy atom. The lowest BCUT2D eigenvalue weighted by Gasteiger charge is -2.27. The Morgan fingerprint density at radius 3 is 2.21 bits per heavy atom. The average Bonchev–Trinajstić information content (AvgIpc) is 3.09. The highest BCUT2D eigenvalue weighted by atomic mass is 32.2. The fourth-order valence-corrected chi connectivity index (χ4v) is 6.28. The van der Waals surface area contributed by atoms with Crippen molar-refractivity contribution in [1.29, 1.82) is 0 Å². The number of anilines is 1. The number of carbonyl (C=O) groups excluding carboxylic acids is 3. The lowest BCUT2D eigenvalue weighted by molar-refractivity contribution is -0.147. The van der Waals surface area contributed by atoms with Crippen LogP contribution in [0, 0.1) is 0 Å². The molecule has 0 saturated carbocycles. The summed E-state index contributed by atoms with van der Waals surface area (Å²) < 4.78 is 38.2. The summed E-state index contributed by atoms with van der Waals surface area (Å²) in [5.41, 5.74) is 0.357. The van der Waals surface area contributed by atoms with E-state index in [9.17, 15) is 22.8 Å². The van der Waals surface area contributed by atoms with Crippen LogP contribution in [0.15, 0.2) is 47.4 Å². The van der Waals surface area contributed by atoms with Gasteiger partial charge in [0.05, 0.1) is 28.8 Å². The summed E-state index contributed by atoms with van der Waals surface area (Å²) in [5.74, 6) is -0.489. The number of esters is 1. The molecule has 2 amide bonds. The number of rotatable bonds is 6. The number of hydrogen-bond donors (Lipinski definition) is 0. The molecule has 1 atom stereocenters. The number of imide groups is 1. The first-order chi connectivity index (χ1) is 15.8. The van der Waals surface area contributed by atoms with E-state index >= 15 is 0 Å². The quantitative estimate of drug-likeness (QED) is 0.448. The summed E-state index contributed by atoms with van der Waals surface area (Å²) in [6.07, 6.45) is -1.05. The van der Waals surface area contributed by atoms with Crippen molar-refractivity contribution >= 4 is 45.3 Å². The Kier molecular flexibility index (Phi) is 6.46. The maximum absolute atomic E-state index is 13.2. The Balaban J connectivity index is 1.80. The summed E-state index contributed by atoms with van der Waals surface area (Å²) in [6.45, 7) is 2.19. The van der Waals surface area contributed by atoms with Crippen molar-refractivity contribution in [1.82, 2.24) is 4.31 Å². The number of thioether (sulfide) groups is 1. The molecule has 0 aromatic heterocycles. The van der Waals surface area contributed by atoms with Crippen molar-refractivity contribution in [2.45, 2.75) is 17.9 Å². The lowest BCUT2D eigenvalue weighted by atomic mass is 10.1. The molecule has 1 unspecified atom stereocenters. The summed E-state index contributed by atoms with van der Waals surface area (Å²) >= 11 is 1.67. The number of methoxy groups -OCH3 is 1. The second kappa shape index (κ2) is 9.16. The minimum Gasteiger partial charge on any atom is -0.477 e. The van der Waals surface area contributed by atoms with Gasteiger partial charge in [-0.2, -0.15) is 16.1 Å². The Labute approximate surface area is 195 Å². The van der Waals surface area contributed by atoms with Crippen LogP contribution in [-0.2, 0) is 19.6 Å². The standard InChI is InChI=1S/C22H22N2O7S2/c1-14(22(27)30-2)31-19-8-7-15(33(28,29)23-9-11-32-12-10-23)13-18(19)24-20(25)16-5-3-4-6-17(16)21(24)26/h3-8,13-14H,9-12H2,1-2H3. The highest BCUT2D eigenvalue weighted by molar-refractivity contribution is 7.99. The third kappa shape index (κ3) is 4.23. The first-order valence-corrected chi connectivity index (χ1v) is 12.8. The van der Waals surface area contributed by atoms with Crippen LogP contribution in [-0.4, -0.2) is 68.3 Å². The van der Waals surface area contributed by atoms with Crippen molar-refractivity contribution < 1.29 is 32.3 Å². The molecule has 1 fully saturated rings. The number of nitrogens with zero attached hydrogens (tertiary/aromatic N) is 2. The highest BCUT2D eigenvalue weighted by Gasteiger charge is 2.39. The molecule has 33 heavy (non-hydrogen) atoms. The van der Waals surface area contributed by atoms with E-state index in [1.54, 1.807) is 23.9 Å². The van der Waals surface area contributed by atoms with Gasteiger partial charge in [-0.1, -0.05) is 12.1 Å². The Morgan fingerprint density at radius 1 is 1.03 bits per heavy atom. The van der Waals surface area contributed by atoms with Crippen LogP contribution >= 0.6 is 11.8 Å². The van der Waals surface area contributed by atoms with Crippen LogP contribution in [0.2, 0.25) is 0 Å². The van der Waals surface area contributed by atoms with Crippen LogP contribution in [0.5, 0.6) is 5.75 Å². The number of hydrogen-bond acceptors (Lipinski definition) is 8. The van der Waals surface area contributed by atoms with E-state index in [2.05, 4.69) is 4.74 Å². The number of ether oxygens (including phenoxy) is 2. The third-order valence-electron chi connectivity index (χ3n) is 5.41. The number of amides is 2. The van der Waals surface area contributed by atoms with Gasteiger partial charge in [-0.05, 0) is 37.3 Å². The van der Waals surface area contributed by atoms with Crippen molar-refractivity contribution in [2.24, 2.45) is 0 Å². The fourth-order valence-electron chi connectivity index (χ4n) is 3.68. The van der Waals surface area contributed by atoms with E-state index in [1.165, 1.54) is 48.7 Å². The normalized spacial score (nSPS) is 17.6. The van der Waals surface area contributed by atoms with Gasteiger partial charge in [-0.25, -0.2) is 18.1 Å². The lowest BCUT2D eigenvalue weighted by Crippen LogP contribution is -2.38. The van der Waals surface area contributed by atoms with Gasteiger partial charge in [-0.15, -0.1) is 0 Å². The van der Waals surface area contributed by atoms with Crippen LogP contribution in [0.4, 0.5) is 5.69 Å². The van der Waals surface area contributed by atoms with Gasteiger partial charge in [0.15, 0.2) is 6.10 Å². The Bertz CT molecular complexity index is 1190. The maximum atomic E-state index is 13.2. The molecule has 2 heterocycles. The fraction of sp³-hybridized carbons (Fsp3) is 0.318. The largest absolute Gasteiger partial charge is 0.477 e. The summed E-state index contributed by atoms with van der Waals surface area (Å²) in [6, 6.07) is 10.3. The predicted octanol–water partition coefficient (Wildman–Crippen LogP) is 2.17. The molecule has 11 heteroatoms. The van der Waals surface area contributed by atoms with Crippen molar-refractivity contribution in [3.8, 4) is 5.75 Å². The zero-order chi connectivity index (χ0) is 23.8. The van der Waals surface area contributed by atoms with Gasteiger partial charge in [0.2, 0.25) is 10.0 Å². The molecule has 0 radical (unpaired) electrons.